The Hall–Kier alpha value is -1.64. The fourth-order valence-electron chi connectivity index (χ4n) is 1.90. The topological polar surface area (TPSA) is 87.2 Å². The van der Waals surface area contributed by atoms with Gasteiger partial charge in [-0.25, -0.2) is 4.79 Å². The quantitative estimate of drug-likeness (QED) is 0.869. The van der Waals surface area contributed by atoms with Crippen LogP contribution in [0.25, 0.3) is 0 Å². The number of carboxylic acids is 1. The Morgan fingerprint density at radius 2 is 1.80 bits per heavy atom. The van der Waals surface area contributed by atoms with Crippen molar-refractivity contribution < 1.29 is 23.1 Å². The highest BCUT2D eigenvalue weighted by Gasteiger charge is 2.28. The molecule has 0 bridgehead atoms. The number of ether oxygens (including phenoxy) is 1. The fourth-order valence-corrected chi connectivity index (χ4v) is 3.24. The van der Waals surface area contributed by atoms with Crippen LogP contribution in [-0.2, 0) is 14.9 Å². The average Bonchev–Trinajstić information content (AvgIpc) is 2.47. The van der Waals surface area contributed by atoms with E-state index in [1.165, 1.54) is 35.6 Å². The number of aromatic carboxylic acids is 1. The molecule has 7 nitrogen and oxygen atoms in total. The summed E-state index contributed by atoms with van der Waals surface area (Å²) in [6, 6.07) is 5.70. The minimum Gasteiger partial charge on any atom is -0.478 e. The van der Waals surface area contributed by atoms with Crippen molar-refractivity contribution in [2.45, 2.75) is 0 Å². The highest BCUT2D eigenvalue weighted by atomic mass is 32.2. The van der Waals surface area contributed by atoms with E-state index in [4.69, 9.17) is 9.84 Å². The molecule has 8 heteroatoms. The monoisotopic (exact) mass is 300 g/mol. The minimum atomic E-state index is -3.61. The zero-order valence-corrected chi connectivity index (χ0v) is 11.8. The average molecular weight is 300 g/mol. The second-order valence-corrected chi connectivity index (χ2v) is 6.30. The molecule has 0 unspecified atom stereocenters. The van der Waals surface area contributed by atoms with Crippen molar-refractivity contribution >= 4 is 21.9 Å². The second-order valence-electron chi connectivity index (χ2n) is 4.34. The van der Waals surface area contributed by atoms with Gasteiger partial charge in [0.25, 0.3) is 0 Å². The lowest BCUT2D eigenvalue weighted by Crippen LogP contribution is -2.47. The van der Waals surface area contributed by atoms with Gasteiger partial charge in [-0.15, -0.1) is 0 Å². The Morgan fingerprint density at radius 1 is 1.25 bits per heavy atom. The zero-order valence-electron chi connectivity index (χ0n) is 11.0. The Bertz CT molecular complexity index is 578. The molecule has 1 N–H and O–H groups in total. The molecule has 0 spiro atoms. The van der Waals surface area contributed by atoms with Crippen LogP contribution in [0.1, 0.15) is 10.4 Å². The number of carboxylic acid groups (broad SMARTS) is 1. The summed E-state index contributed by atoms with van der Waals surface area (Å²) < 4.78 is 32.4. The molecule has 0 amide bonds. The number of morpholine rings is 1. The van der Waals surface area contributed by atoms with Crippen LogP contribution >= 0.6 is 0 Å². The summed E-state index contributed by atoms with van der Waals surface area (Å²) in [4.78, 5) is 10.8. The van der Waals surface area contributed by atoms with Crippen molar-refractivity contribution in [3.63, 3.8) is 0 Å². The van der Waals surface area contributed by atoms with Gasteiger partial charge >= 0.3 is 16.2 Å². The Morgan fingerprint density at radius 3 is 2.30 bits per heavy atom. The molecule has 2 rings (SSSR count). The van der Waals surface area contributed by atoms with Crippen molar-refractivity contribution in [1.29, 1.82) is 0 Å². The first-order valence-electron chi connectivity index (χ1n) is 6.08. The first-order valence-corrected chi connectivity index (χ1v) is 7.48. The van der Waals surface area contributed by atoms with E-state index in [1.54, 1.807) is 0 Å². The van der Waals surface area contributed by atoms with E-state index in [1.807, 2.05) is 0 Å². The van der Waals surface area contributed by atoms with Gasteiger partial charge in [-0.05, 0) is 24.3 Å². The van der Waals surface area contributed by atoms with Crippen LogP contribution in [0.4, 0.5) is 5.69 Å². The van der Waals surface area contributed by atoms with E-state index < -0.39 is 16.2 Å². The van der Waals surface area contributed by atoms with Crippen LogP contribution < -0.4 is 4.31 Å². The Kier molecular flexibility index (Phi) is 4.26. The van der Waals surface area contributed by atoms with E-state index in [9.17, 15) is 13.2 Å². The third kappa shape index (κ3) is 2.92. The van der Waals surface area contributed by atoms with E-state index in [0.29, 0.717) is 32.0 Å². The van der Waals surface area contributed by atoms with Gasteiger partial charge in [0.2, 0.25) is 0 Å². The van der Waals surface area contributed by atoms with Crippen LogP contribution in [0, 0.1) is 0 Å². The smallest absolute Gasteiger partial charge is 0.335 e. The third-order valence-electron chi connectivity index (χ3n) is 3.12. The Balaban J connectivity index is 2.20. The predicted octanol–water partition coefficient (Wildman–Crippen LogP) is 0.398. The van der Waals surface area contributed by atoms with Gasteiger partial charge in [0, 0.05) is 20.1 Å². The maximum atomic E-state index is 12.4. The van der Waals surface area contributed by atoms with Crippen LogP contribution in [0.15, 0.2) is 24.3 Å². The minimum absolute atomic E-state index is 0.117. The van der Waals surface area contributed by atoms with Crippen molar-refractivity contribution in [2.75, 3.05) is 37.7 Å². The number of anilines is 1. The largest absolute Gasteiger partial charge is 0.478 e. The number of nitrogens with zero attached hydrogens (tertiary/aromatic N) is 2. The summed E-state index contributed by atoms with van der Waals surface area (Å²) in [6.45, 7) is 1.40. The third-order valence-corrected chi connectivity index (χ3v) is 5.04. The molecule has 1 aliphatic rings. The maximum absolute atomic E-state index is 12.4. The number of hydrogen-bond donors (Lipinski definition) is 1. The predicted molar refractivity (Wildman–Crippen MR) is 73.1 cm³/mol. The molecule has 1 aromatic rings. The van der Waals surface area contributed by atoms with Gasteiger partial charge < -0.3 is 9.84 Å². The number of rotatable bonds is 4. The summed E-state index contributed by atoms with van der Waals surface area (Å²) in [6.07, 6.45) is 0. The molecule has 0 aromatic heterocycles. The van der Waals surface area contributed by atoms with Crippen molar-refractivity contribution in [3.05, 3.63) is 29.8 Å². The van der Waals surface area contributed by atoms with E-state index in [-0.39, 0.29) is 5.56 Å². The van der Waals surface area contributed by atoms with Gasteiger partial charge in [0.1, 0.15) is 0 Å². The highest BCUT2D eigenvalue weighted by molar-refractivity contribution is 7.90. The molecule has 1 aromatic carbocycles. The van der Waals surface area contributed by atoms with Gasteiger partial charge in [-0.3, -0.25) is 4.31 Å². The lowest BCUT2D eigenvalue weighted by Gasteiger charge is -2.31. The van der Waals surface area contributed by atoms with Crippen molar-refractivity contribution in [2.24, 2.45) is 0 Å². The summed E-state index contributed by atoms with van der Waals surface area (Å²) in [5.41, 5.74) is 0.535. The van der Waals surface area contributed by atoms with Crippen LogP contribution in [0.5, 0.6) is 0 Å². The molecule has 1 fully saturated rings. The van der Waals surface area contributed by atoms with Gasteiger partial charge in [-0.2, -0.15) is 12.7 Å². The van der Waals surface area contributed by atoms with E-state index in [2.05, 4.69) is 0 Å². The molecule has 0 aliphatic carbocycles. The van der Waals surface area contributed by atoms with Crippen molar-refractivity contribution in [3.8, 4) is 0 Å². The molecule has 0 atom stereocenters. The number of carbonyl (C=O) groups is 1. The zero-order chi connectivity index (χ0) is 14.8. The van der Waals surface area contributed by atoms with E-state index >= 15 is 0 Å². The molecule has 110 valence electrons. The highest BCUT2D eigenvalue weighted by Crippen LogP contribution is 2.20. The maximum Gasteiger partial charge on any atom is 0.335 e. The van der Waals surface area contributed by atoms with Crippen LogP contribution in [-0.4, -0.2) is 57.1 Å². The lowest BCUT2D eigenvalue weighted by atomic mass is 10.2. The number of benzene rings is 1. The van der Waals surface area contributed by atoms with Crippen molar-refractivity contribution in [1.82, 2.24) is 4.31 Å². The molecule has 0 radical (unpaired) electrons. The van der Waals surface area contributed by atoms with Crippen LogP contribution in [0.2, 0.25) is 0 Å². The summed E-state index contributed by atoms with van der Waals surface area (Å²) >= 11 is 0. The van der Waals surface area contributed by atoms with Gasteiger partial charge in [0.15, 0.2) is 0 Å². The first kappa shape index (κ1) is 14.8. The Labute approximate surface area is 117 Å². The molecule has 1 aliphatic heterocycles. The first-order chi connectivity index (χ1) is 9.43. The SMILES string of the molecule is CN(c1ccc(C(=O)O)cc1)S(=O)(=O)N1CCOCC1. The lowest BCUT2D eigenvalue weighted by molar-refractivity contribution is 0.0697. The van der Waals surface area contributed by atoms with Gasteiger partial charge in [0.05, 0.1) is 24.5 Å². The standard InChI is InChI=1S/C12H16N2O5S/c1-13(11-4-2-10(3-5-11)12(15)16)20(17,18)14-6-8-19-9-7-14/h2-5H,6-9H2,1H3,(H,15,16). The molecule has 20 heavy (non-hydrogen) atoms. The molecular weight excluding hydrogens is 284 g/mol. The molecule has 1 heterocycles. The summed E-state index contributed by atoms with van der Waals surface area (Å²) in [7, 11) is -2.16. The van der Waals surface area contributed by atoms with Crippen LogP contribution in [0.3, 0.4) is 0 Å². The van der Waals surface area contributed by atoms with E-state index in [0.717, 1.165) is 4.31 Å². The molecule has 0 saturated carbocycles. The normalized spacial score (nSPS) is 16.9. The van der Waals surface area contributed by atoms with Gasteiger partial charge in [-0.1, -0.05) is 0 Å². The fraction of sp³-hybridized carbons (Fsp3) is 0.417. The molecular formula is C12H16N2O5S. The second kappa shape index (κ2) is 5.78. The molecule has 1 saturated heterocycles. The summed E-state index contributed by atoms with van der Waals surface area (Å²) in [5, 5.41) is 8.82. The summed E-state index contributed by atoms with van der Waals surface area (Å²) in [5.74, 6) is -1.05. The number of hydrogen-bond acceptors (Lipinski definition) is 4.